The Kier molecular flexibility index (Phi) is 19.1. The van der Waals surface area contributed by atoms with Gasteiger partial charge in [-0.3, -0.25) is 9.98 Å². The number of benzene rings is 1. The lowest BCUT2D eigenvalue weighted by molar-refractivity contribution is 0.885. The van der Waals surface area contributed by atoms with E-state index in [1.54, 1.807) is 6.08 Å². The van der Waals surface area contributed by atoms with Gasteiger partial charge in [-0.25, -0.2) is 0 Å². The minimum absolute atomic E-state index is 0.316. The van der Waals surface area contributed by atoms with Crippen molar-refractivity contribution in [2.75, 3.05) is 0 Å². The summed E-state index contributed by atoms with van der Waals surface area (Å²) < 4.78 is 0. The summed E-state index contributed by atoms with van der Waals surface area (Å²) in [4.78, 5) is 10.2. The molecule has 0 bridgehead atoms. The molecule has 1 aromatic carbocycles. The van der Waals surface area contributed by atoms with Crippen LogP contribution in [0.25, 0.3) is 6.08 Å². The molecule has 0 aliphatic carbocycles. The molecular formula is C43H56N2. The van der Waals surface area contributed by atoms with Crippen molar-refractivity contribution in [1.82, 2.24) is 0 Å². The molecule has 0 amide bonds. The minimum atomic E-state index is 0.316. The van der Waals surface area contributed by atoms with Crippen LogP contribution in [0.15, 0.2) is 160 Å². The molecule has 0 atom stereocenters. The number of hydrogen-bond acceptors (Lipinski definition) is 2. The molecule has 238 valence electrons. The zero-order valence-corrected chi connectivity index (χ0v) is 29.2. The number of aliphatic imine (C=N–C) groups is 2. The maximum absolute atomic E-state index is 5.12. The van der Waals surface area contributed by atoms with E-state index in [0.29, 0.717) is 5.92 Å². The summed E-state index contributed by atoms with van der Waals surface area (Å²) in [7, 11) is 0. The summed E-state index contributed by atoms with van der Waals surface area (Å²) in [5.74, 6) is 0.316. The maximum atomic E-state index is 5.12. The highest BCUT2D eigenvalue weighted by atomic mass is 14.8. The molecule has 0 saturated carbocycles. The van der Waals surface area contributed by atoms with Crippen LogP contribution < -0.4 is 0 Å². The van der Waals surface area contributed by atoms with Gasteiger partial charge in [-0.2, -0.15) is 0 Å². The van der Waals surface area contributed by atoms with Gasteiger partial charge in [0.1, 0.15) is 0 Å². The van der Waals surface area contributed by atoms with Gasteiger partial charge in [-0.15, -0.1) is 0 Å². The monoisotopic (exact) mass is 600 g/mol. The highest BCUT2D eigenvalue weighted by molar-refractivity contribution is 5.98. The van der Waals surface area contributed by atoms with E-state index in [2.05, 4.69) is 129 Å². The quantitative estimate of drug-likeness (QED) is 0.0693. The molecule has 0 spiro atoms. The predicted molar refractivity (Wildman–Crippen MR) is 206 cm³/mol. The van der Waals surface area contributed by atoms with E-state index in [-0.39, 0.29) is 0 Å². The molecule has 0 heterocycles. The van der Waals surface area contributed by atoms with Crippen LogP contribution in [-0.2, 0) is 0 Å². The third-order valence-corrected chi connectivity index (χ3v) is 7.33. The normalized spacial score (nSPS) is 15.0. The van der Waals surface area contributed by atoms with Crippen molar-refractivity contribution in [3.05, 3.63) is 156 Å². The van der Waals surface area contributed by atoms with Crippen molar-refractivity contribution >= 4 is 23.2 Å². The lowest BCUT2D eigenvalue weighted by Crippen LogP contribution is -2.05. The van der Waals surface area contributed by atoms with Gasteiger partial charge >= 0.3 is 0 Å². The van der Waals surface area contributed by atoms with Crippen molar-refractivity contribution in [3.63, 3.8) is 0 Å². The first-order valence-electron chi connectivity index (χ1n) is 16.2. The van der Waals surface area contributed by atoms with E-state index in [1.165, 1.54) is 11.1 Å². The molecule has 1 rings (SSSR count). The Morgan fingerprint density at radius 1 is 0.889 bits per heavy atom. The summed E-state index contributed by atoms with van der Waals surface area (Å²) in [5.41, 5.74) is 10.7. The van der Waals surface area contributed by atoms with Gasteiger partial charge in [0.05, 0.1) is 11.4 Å². The fraction of sp³-hybridized carbons (Fsp3) is 0.302. The Morgan fingerprint density at radius 3 is 2.22 bits per heavy atom. The highest BCUT2D eigenvalue weighted by Gasteiger charge is 2.07. The van der Waals surface area contributed by atoms with Crippen molar-refractivity contribution in [1.29, 1.82) is 0 Å². The highest BCUT2D eigenvalue weighted by Crippen LogP contribution is 2.24. The van der Waals surface area contributed by atoms with E-state index in [0.717, 1.165) is 70.8 Å². The lowest BCUT2D eigenvalue weighted by atomic mass is 10.0. The zero-order valence-electron chi connectivity index (χ0n) is 29.2. The van der Waals surface area contributed by atoms with Crippen molar-refractivity contribution in [2.45, 2.75) is 81.1 Å². The van der Waals surface area contributed by atoms with Crippen molar-refractivity contribution in [2.24, 2.45) is 15.9 Å². The number of nitrogens with zero attached hydrogens (tertiary/aromatic N) is 2. The third kappa shape index (κ3) is 14.4. The summed E-state index contributed by atoms with van der Waals surface area (Å²) >= 11 is 0. The van der Waals surface area contributed by atoms with E-state index < -0.39 is 0 Å². The maximum Gasteiger partial charge on any atom is 0.0705 e. The van der Waals surface area contributed by atoms with E-state index in [1.807, 2.05) is 43.4 Å². The summed E-state index contributed by atoms with van der Waals surface area (Å²) in [6.45, 7) is 29.0. The van der Waals surface area contributed by atoms with Crippen LogP contribution in [0.4, 0.5) is 5.69 Å². The van der Waals surface area contributed by atoms with Gasteiger partial charge in [0.15, 0.2) is 0 Å². The van der Waals surface area contributed by atoms with Gasteiger partial charge in [-0.1, -0.05) is 119 Å². The first-order chi connectivity index (χ1) is 21.6. The Hall–Kier alpha value is -4.30. The van der Waals surface area contributed by atoms with Crippen molar-refractivity contribution < 1.29 is 0 Å². The topological polar surface area (TPSA) is 24.7 Å². The number of para-hydroxylation sites is 1. The van der Waals surface area contributed by atoms with E-state index in [9.17, 15) is 0 Å². The Labute approximate surface area is 275 Å². The van der Waals surface area contributed by atoms with E-state index in [4.69, 9.17) is 9.98 Å². The van der Waals surface area contributed by atoms with Gasteiger partial charge in [0, 0.05) is 17.0 Å². The molecule has 0 aliphatic rings. The number of unbranched alkanes of at least 4 members (excludes halogenated alkanes) is 1. The van der Waals surface area contributed by atoms with Crippen LogP contribution in [0.5, 0.6) is 0 Å². The van der Waals surface area contributed by atoms with Gasteiger partial charge < -0.3 is 0 Å². The Bertz CT molecular complexity index is 1450. The van der Waals surface area contributed by atoms with Crippen molar-refractivity contribution in [3.8, 4) is 0 Å². The van der Waals surface area contributed by atoms with Crippen LogP contribution in [0.2, 0.25) is 0 Å². The number of allylic oxidation sites excluding steroid dienone is 17. The van der Waals surface area contributed by atoms with Crippen LogP contribution in [0, 0.1) is 5.92 Å². The summed E-state index contributed by atoms with van der Waals surface area (Å²) in [6.07, 6.45) is 30.6. The average Bonchev–Trinajstić information content (AvgIpc) is 3.02. The van der Waals surface area contributed by atoms with Crippen LogP contribution in [-0.4, -0.2) is 11.4 Å². The molecule has 0 fully saturated rings. The molecule has 2 nitrogen and oxygen atoms in total. The molecule has 0 radical (unpaired) electrons. The zero-order chi connectivity index (χ0) is 33.6. The van der Waals surface area contributed by atoms with Crippen LogP contribution in [0.3, 0.4) is 0 Å². The predicted octanol–water partition coefficient (Wildman–Crippen LogP) is 13.2. The average molecular weight is 601 g/mol. The largest absolute Gasteiger partial charge is 0.253 e. The van der Waals surface area contributed by atoms with Gasteiger partial charge in [0.2, 0.25) is 0 Å². The SMILES string of the molecule is C=C/C=C\c1ccccc1N=C(/C=C(C)/C(C)=C/C=C(C=C)/C(C)=C/C(/N=C(/C=C\C)C(C)C)=C(/C=C)CC)CCC/C=C\C. The van der Waals surface area contributed by atoms with Gasteiger partial charge in [-0.05, 0) is 118 Å². The molecule has 0 aliphatic heterocycles. The minimum Gasteiger partial charge on any atom is -0.253 e. The first kappa shape index (κ1) is 38.7. The molecule has 0 aromatic heterocycles. The van der Waals surface area contributed by atoms with E-state index >= 15 is 0 Å². The molecule has 45 heavy (non-hydrogen) atoms. The van der Waals surface area contributed by atoms with Crippen LogP contribution in [0.1, 0.15) is 86.6 Å². The molecule has 1 aromatic rings. The smallest absolute Gasteiger partial charge is 0.0705 e. The standard InChI is InChI=1S/C43H56N2/c1-12-18-20-21-27-40(44-42-28-23-22-26-39(42)25-19-13-2)31-35(10)34(9)29-30-38(17-6)36(11)32-43(37(15-4)16-5)45-41(24-14-3)33(7)8/h12-15,17-19,22-26,28-33H,2,4,6,16,20-21,27H2,1,3,5,7-11H3/b18-12-,24-14-,25-19-,34-29+,35-31+,36-32+,38-30+,43-37+,44-40?,45-41-. The molecule has 0 unspecified atom stereocenters. The second kappa shape index (κ2) is 22.2. The molecule has 0 N–H and O–H groups in total. The molecular weight excluding hydrogens is 544 g/mol. The fourth-order valence-electron chi connectivity index (χ4n) is 4.44. The first-order valence-corrected chi connectivity index (χ1v) is 16.2. The Morgan fingerprint density at radius 2 is 1.62 bits per heavy atom. The summed E-state index contributed by atoms with van der Waals surface area (Å²) in [6, 6.07) is 8.23. The number of rotatable bonds is 18. The molecule has 0 saturated heterocycles. The lowest BCUT2D eigenvalue weighted by Gasteiger charge is -2.11. The van der Waals surface area contributed by atoms with Crippen LogP contribution >= 0.6 is 0 Å². The fourth-order valence-corrected chi connectivity index (χ4v) is 4.44. The second-order valence-electron chi connectivity index (χ2n) is 11.2. The number of hydrogen-bond donors (Lipinski definition) is 0. The second-order valence-corrected chi connectivity index (χ2v) is 11.2. The van der Waals surface area contributed by atoms with Gasteiger partial charge in [0.25, 0.3) is 0 Å². The Balaban J connectivity index is 3.57. The summed E-state index contributed by atoms with van der Waals surface area (Å²) in [5, 5.41) is 0. The molecule has 2 heteroatoms. The third-order valence-electron chi connectivity index (χ3n) is 7.33.